The number of nitrogens with one attached hydrogen (secondary N) is 1. The Kier molecular flexibility index (Phi) is 5.86. The van der Waals surface area contributed by atoms with Gasteiger partial charge in [-0.1, -0.05) is 24.3 Å². The van der Waals surface area contributed by atoms with Gasteiger partial charge in [-0.2, -0.15) is 0 Å². The van der Waals surface area contributed by atoms with Crippen molar-refractivity contribution in [2.45, 2.75) is 23.8 Å². The quantitative estimate of drug-likeness (QED) is 0.690. The van der Waals surface area contributed by atoms with Gasteiger partial charge in [-0.15, -0.1) is 11.8 Å². The van der Waals surface area contributed by atoms with Gasteiger partial charge in [0.25, 0.3) is 5.91 Å². The zero-order valence-electron chi connectivity index (χ0n) is 16.8. The molecule has 0 aliphatic carbocycles. The molecule has 0 radical (unpaired) electrons. The minimum atomic E-state index is -0.802. The Hall–Kier alpha value is -3.07. The van der Waals surface area contributed by atoms with Crippen LogP contribution in [0.1, 0.15) is 18.4 Å². The molecule has 2 aliphatic rings. The molecule has 2 amide bonds. The van der Waals surface area contributed by atoms with Crippen molar-refractivity contribution in [2.24, 2.45) is 0 Å². The maximum atomic E-state index is 13.4. The number of amides is 2. The molecule has 0 spiro atoms. The average molecular weight is 444 g/mol. The summed E-state index contributed by atoms with van der Waals surface area (Å²) in [5.41, 5.74) is 1.24. The van der Waals surface area contributed by atoms with E-state index in [1.807, 2.05) is 0 Å². The standard InChI is InChI=1S/C22H21FN2O5S/c1-29-18-5-3-2-4-16(18)24-19(26)12-30-21(28)17-13-31-22(11-10-20(27)25(17)22)14-6-8-15(23)9-7-14/h2-9,17H,10-13H2,1H3,(H,24,26). The number of carbonyl (C=O) groups excluding carboxylic acids is 3. The lowest BCUT2D eigenvalue weighted by atomic mass is 10.0. The first-order chi connectivity index (χ1) is 14.9. The van der Waals surface area contributed by atoms with Crippen molar-refractivity contribution >= 4 is 35.2 Å². The Bertz CT molecular complexity index is 1020. The van der Waals surface area contributed by atoms with Crippen molar-refractivity contribution in [3.05, 3.63) is 59.9 Å². The third kappa shape index (κ3) is 3.97. The number of methoxy groups -OCH3 is 1. The number of fused-ring (bicyclic) bond motifs is 1. The van der Waals surface area contributed by atoms with E-state index < -0.39 is 29.4 Å². The summed E-state index contributed by atoms with van der Waals surface area (Å²) in [6, 6.07) is 12.1. The maximum absolute atomic E-state index is 13.4. The molecule has 7 nitrogen and oxygen atoms in total. The lowest BCUT2D eigenvalue weighted by Gasteiger charge is -2.33. The molecule has 2 unspecified atom stereocenters. The second-order valence-corrected chi connectivity index (χ2v) is 8.54. The Balaban J connectivity index is 1.42. The second-order valence-electron chi connectivity index (χ2n) is 7.24. The van der Waals surface area contributed by atoms with Crippen molar-refractivity contribution in [1.29, 1.82) is 0 Å². The van der Waals surface area contributed by atoms with Gasteiger partial charge in [0.05, 0.1) is 12.8 Å². The third-order valence-electron chi connectivity index (χ3n) is 5.42. The number of ether oxygens (including phenoxy) is 2. The molecule has 31 heavy (non-hydrogen) atoms. The second kappa shape index (κ2) is 8.58. The number of anilines is 1. The summed E-state index contributed by atoms with van der Waals surface area (Å²) in [5.74, 6) is -0.842. The van der Waals surface area contributed by atoms with Gasteiger partial charge in [-0.3, -0.25) is 9.59 Å². The molecule has 2 saturated heterocycles. The zero-order chi connectivity index (χ0) is 22.0. The Morgan fingerprint density at radius 1 is 1.23 bits per heavy atom. The first-order valence-corrected chi connectivity index (χ1v) is 10.7. The number of rotatable bonds is 6. The van der Waals surface area contributed by atoms with Gasteiger partial charge in [0, 0.05) is 12.2 Å². The zero-order valence-corrected chi connectivity index (χ0v) is 17.6. The van der Waals surface area contributed by atoms with E-state index in [1.54, 1.807) is 36.4 Å². The SMILES string of the molecule is COc1ccccc1NC(=O)COC(=O)C1CSC2(c3ccc(F)cc3)CCC(=O)N12. The topological polar surface area (TPSA) is 84.9 Å². The molecule has 2 atom stereocenters. The number of esters is 1. The van der Waals surface area contributed by atoms with E-state index >= 15 is 0 Å². The van der Waals surface area contributed by atoms with Crippen LogP contribution >= 0.6 is 11.8 Å². The largest absolute Gasteiger partial charge is 0.495 e. The first-order valence-electron chi connectivity index (χ1n) is 9.76. The summed E-state index contributed by atoms with van der Waals surface area (Å²) in [6.07, 6.45) is 0.822. The van der Waals surface area contributed by atoms with E-state index in [1.165, 1.54) is 35.9 Å². The molecule has 1 N–H and O–H groups in total. The van der Waals surface area contributed by atoms with Crippen molar-refractivity contribution in [2.75, 3.05) is 24.8 Å². The highest BCUT2D eigenvalue weighted by Crippen LogP contribution is 2.54. The fraction of sp³-hybridized carbons (Fsp3) is 0.318. The van der Waals surface area contributed by atoms with Crippen LogP contribution in [0.25, 0.3) is 0 Å². The Morgan fingerprint density at radius 2 is 1.97 bits per heavy atom. The van der Waals surface area contributed by atoms with Crippen molar-refractivity contribution in [3.8, 4) is 5.75 Å². The molecule has 162 valence electrons. The van der Waals surface area contributed by atoms with Crippen LogP contribution in [0, 0.1) is 5.82 Å². The number of hydrogen-bond acceptors (Lipinski definition) is 6. The van der Waals surface area contributed by atoms with Gasteiger partial charge in [-0.25, -0.2) is 9.18 Å². The molecule has 4 rings (SSSR count). The normalized spacial score (nSPS) is 22.2. The van der Waals surface area contributed by atoms with Gasteiger partial charge in [0.2, 0.25) is 5.91 Å². The fourth-order valence-corrected chi connectivity index (χ4v) is 5.63. The lowest BCUT2D eigenvalue weighted by Crippen LogP contribution is -2.47. The summed E-state index contributed by atoms with van der Waals surface area (Å²) in [5, 5.41) is 2.64. The van der Waals surface area contributed by atoms with Crippen LogP contribution in [0.5, 0.6) is 5.75 Å². The summed E-state index contributed by atoms with van der Waals surface area (Å²) < 4.78 is 23.8. The molecule has 2 fully saturated rings. The number of para-hydroxylation sites is 2. The van der Waals surface area contributed by atoms with E-state index in [0.717, 1.165) is 5.56 Å². The molecule has 0 aromatic heterocycles. The van der Waals surface area contributed by atoms with Crippen molar-refractivity contribution < 1.29 is 28.2 Å². The average Bonchev–Trinajstić information content (AvgIpc) is 3.32. The van der Waals surface area contributed by atoms with Gasteiger partial charge in [-0.05, 0) is 36.2 Å². The number of hydrogen-bond donors (Lipinski definition) is 1. The van der Waals surface area contributed by atoms with E-state index in [4.69, 9.17) is 9.47 Å². The Labute approximate surface area is 182 Å². The van der Waals surface area contributed by atoms with Crippen LogP contribution in [0.2, 0.25) is 0 Å². The third-order valence-corrected chi connectivity index (χ3v) is 7.02. The van der Waals surface area contributed by atoms with E-state index in [-0.39, 0.29) is 11.7 Å². The van der Waals surface area contributed by atoms with Crippen LogP contribution in [-0.2, 0) is 24.0 Å². The van der Waals surface area contributed by atoms with Gasteiger partial charge in [0.1, 0.15) is 22.5 Å². The minimum Gasteiger partial charge on any atom is -0.495 e. The predicted octanol–water partition coefficient (Wildman–Crippen LogP) is 2.91. The van der Waals surface area contributed by atoms with E-state index in [0.29, 0.717) is 30.0 Å². The molecule has 9 heteroatoms. The van der Waals surface area contributed by atoms with Crippen molar-refractivity contribution in [3.63, 3.8) is 0 Å². The molecular weight excluding hydrogens is 423 g/mol. The molecule has 2 aromatic carbocycles. The summed E-state index contributed by atoms with van der Waals surface area (Å²) >= 11 is 1.47. The highest BCUT2D eigenvalue weighted by molar-refractivity contribution is 8.00. The summed E-state index contributed by atoms with van der Waals surface area (Å²) in [6.45, 7) is -0.483. The number of nitrogens with zero attached hydrogens (tertiary/aromatic N) is 1. The highest BCUT2D eigenvalue weighted by Gasteiger charge is 2.57. The lowest BCUT2D eigenvalue weighted by molar-refractivity contribution is -0.155. The number of benzene rings is 2. The predicted molar refractivity (Wildman–Crippen MR) is 113 cm³/mol. The Morgan fingerprint density at radius 3 is 2.71 bits per heavy atom. The minimum absolute atomic E-state index is 0.158. The van der Waals surface area contributed by atoms with Gasteiger partial charge < -0.3 is 19.7 Å². The van der Waals surface area contributed by atoms with E-state index in [2.05, 4.69) is 5.32 Å². The van der Waals surface area contributed by atoms with Crippen LogP contribution in [0.4, 0.5) is 10.1 Å². The molecule has 2 aliphatic heterocycles. The molecule has 2 aromatic rings. The first kappa shape index (κ1) is 21.2. The van der Waals surface area contributed by atoms with Crippen LogP contribution in [-0.4, -0.2) is 48.2 Å². The summed E-state index contributed by atoms with van der Waals surface area (Å²) in [4.78, 5) is 38.4. The molecule has 2 heterocycles. The maximum Gasteiger partial charge on any atom is 0.330 e. The monoisotopic (exact) mass is 444 g/mol. The smallest absolute Gasteiger partial charge is 0.330 e. The molecule has 0 saturated carbocycles. The number of halogens is 1. The summed E-state index contributed by atoms with van der Waals surface area (Å²) in [7, 11) is 1.49. The fourth-order valence-electron chi connectivity index (χ4n) is 3.99. The highest BCUT2D eigenvalue weighted by atomic mass is 32.2. The van der Waals surface area contributed by atoms with Crippen LogP contribution in [0.3, 0.4) is 0 Å². The van der Waals surface area contributed by atoms with Gasteiger partial charge >= 0.3 is 5.97 Å². The number of carbonyl (C=O) groups is 3. The molecule has 0 bridgehead atoms. The number of thioether (sulfide) groups is 1. The van der Waals surface area contributed by atoms with E-state index in [9.17, 15) is 18.8 Å². The van der Waals surface area contributed by atoms with Gasteiger partial charge in [0.15, 0.2) is 6.61 Å². The van der Waals surface area contributed by atoms with Crippen molar-refractivity contribution in [1.82, 2.24) is 4.90 Å². The van der Waals surface area contributed by atoms with Crippen LogP contribution in [0.15, 0.2) is 48.5 Å². The molecular formula is C22H21FN2O5S. The van der Waals surface area contributed by atoms with Crippen LogP contribution < -0.4 is 10.1 Å².